The van der Waals surface area contributed by atoms with Crippen molar-refractivity contribution in [2.75, 3.05) is 20.6 Å². The van der Waals surface area contributed by atoms with Crippen LogP contribution in [0.3, 0.4) is 0 Å². The molecule has 0 amide bonds. The fourth-order valence-electron chi connectivity index (χ4n) is 1.77. The minimum atomic E-state index is 0.978. The minimum absolute atomic E-state index is 0.978. The largest absolute Gasteiger partial charge is 0.464 e. The van der Waals surface area contributed by atoms with Gasteiger partial charge in [0.1, 0.15) is 5.58 Å². The summed E-state index contributed by atoms with van der Waals surface area (Å²) in [7, 11) is 4.22. The smallest absolute Gasteiger partial charge is 0.133 e. The molecule has 0 aliphatic rings. The Bertz CT molecular complexity index is 431. The monoisotopic (exact) mass is 203 g/mol. The molecule has 1 heterocycles. The van der Waals surface area contributed by atoms with E-state index in [-0.39, 0.29) is 0 Å². The van der Waals surface area contributed by atoms with E-state index in [1.54, 1.807) is 6.26 Å². The van der Waals surface area contributed by atoms with Crippen molar-refractivity contribution in [3.8, 4) is 0 Å². The molecule has 1 aromatic carbocycles. The zero-order chi connectivity index (χ0) is 10.7. The lowest BCUT2D eigenvalue weighted by Gasteiger charge is -2.08. The van der Waals surface area contributed by atoms with Crippen molar-refractivity contribution in [1.29, 1.82) is 0 Å². The quantitative estimate of drug-likeness (QED) is 0.759. The standard InChI is InChI=1S/C13H17NO/c1-14(2)8-3-4-11-5-6-13-12(10-11)7-9-15-13/h5-7,9-10H,3-4,8H2,1-2H3. The van der Waals surface area contributed by atoms with Crippen LogP contribution in [0.4, 0.5) is 0 Å². The number of benzene rings is 1. The van der Waals surface area contributed by atoms with E-state index in [9.17, 15) is 0 Å². The summed E-state index contributed by atoms with van der Waals surface area (Å²) >= 11 is 0. The van der Waals surface area contributed by atoms with Crippen LogP contribution in [-0.4, -0.2) is 25.5 Å². The molecule has 0 N–H and O–H groups in total. The zero-order valence-electron chi connectivity index (χ0n) is 9.36. The molecular formula is C13H17NO. The van der Waals surface area contributed by atoms with Crippen LogP contribution in [-0.2, 0) is 6.42 Å². The number of hydrogen-bond acceptors (Lipinski definition) is 2. The normalized spacial score (nSPS) is 11.4. The summed E-state index contributed by atoms with van der Waals surface area (Å²) in [4.78, 5) is 2.22. The summed E-state index contributed by atoms with van der Waals surface area (Å²) in [6, 6.07) is 8.45. The van der Waals surface area contributed by atoms with Crippen LogP contribution in [0.2, 0.25) is 0 Å². The van der Waals surface area contributed by atoms with Gasteiger partial charge in [0.25, 0.3) is 0 Å². The van der Waals surface area contributed by atoms with Crippen molar-refractivity contribution in [2.24, 2.45) is 0 Å². The second-order valence-corrected chi connectivity index (χ2v) is 4.20. The van der Waals surface area contributed by atoms with Gasteiger partial charge in [-0.25, -0.2) is 0 Å². The van der Waals surface area contributed by atoms with Crippen LogP contribution in [0.1, 0.15) is 12.0 Å². The van der Waals surface area contributed by atoms with E-state index in [2.05, 4.69) is 37.2 Å². The maximum absolute atomic E-state index is 5.31. The molecule has 2 nitrogen and oxygen atoms in total. The van der Waals surface area contributed by atoms with E-state index in [4.69, 9.17) is 4.42 Å². The maximum atomic E-state index is 5.31. The van der Waals surface area contributed by atoms with Crippen molar-refractivity contribution < 1.29 is 4.42 Å². The van der Waals surface area contributed by atoms with Gasteiger partial charge in [-0.1, -0.05) is 6.07 Å². The van der Waals surface area contributed by atoms with Gasteiger partial charge in [-0.3, -0.25) is 0 Å². The number of nitrogens with zero attached hydrogens (tertiary/aromatic N) is 1. The summed E-state index contributed by atoms with van der Waals surface area (Å²) in [5.74, 6) is 0. The van der Waals surface area contributed by atoms with Gasteiger partial charge >= 0.3 is 0 Å². The molecule has 0 aliphatic heterocycles. The van der Waals surface area contributed by atoms with Gasteiger partial charge in [0.05, 0.1) is 6.26 Å². The number of hydrogen-bond donors (Lipinski definition) is 0. The van der Waals surface area contributed by atoms with Gasteiger partial charge in [-0.05, 0) is 57.2 Å². The van der Waals surface area contributed by atoms with Gasteiger partial charge in [0.15, 0.2) is 0 Å². The molecule has 0 fully saturated rings. The Morgan fingerprint density at radius 3 is 2.87 bits per heavy atom. The molecule has 0 atom stereocenters. The Kier molecular flexibility index (Phi) is 3.07. The summed E-state index contributed by atoms with van der Waals surface area (Å²) in [6.45, 7) is 1.14. The molecule has 0 saturated heterocycles. The molecule has 0 aliphatic carbocycles. The first-order valence-electron chi connectivity index (χ1n) is 5.36. The first-order chi connectivity index (χ1) is 7.25. The van der Waals surface area contributed by atoms with Crippen LogP contribution in [0.15, 0.2) is 34.9 Å². The van der Waals surface area contributed by atoms with Crippen LogP contribution in [0.5, 0.6) is 0 Å². The number of fused-ring (bicyclic) bond motifs is 1. The molecule has 80 valence electrons. The summed E-state index contributed by atoms with van der Waals surface area (Å²) in [5, 5.41) is 1.21. The molecule has 0 radical (unpaired) electrons. The molecule has 1 aromatic heterocycles. The highest BCUT2D eigenvalue weighted by Crippen LogP contribution is 2.17. The lowest BCUT2D eigenvalue weighted by Crippen LogP contribution is -2.13. The van der Waals surface area contributed by atoms with Crippen molar-refractivity contribution >= 4 is 11.0 Å². The Labute approximate surface area is 90.5 Å². The first kappa shape index (κ1) is 10.2. The lowest BCUT2D eigenvalue weighted by molar-refractivity contribution is 0.400. The zero-order valence-corrected chi connectivity index (χ0v) is 9.36. The van der Waals surface area contributed by atoms with E-state index in [1.807, 2.05) is 6.07 Å². The van der Waals surface area contributed by atoms with E-state index in [0.29, 0.717) is 0 Å². The Morgan fingerprint density at radius 2 is 2.07 bits per heavy atom. The number of furan rings is 1. The highest BCUT2D eigenvalue weighted by molar-refractivity contribution is 5.77. The average Bonchev–Trinajstić information content (AvgIpc) is 2.64. The lowest BCUT2D eigenvalue weighted by atomic mass is 10.1. The minimum Gasteiger partial charge on any atom is -0.464 e. The third-order valence-electron chi connectivity index (χ3n) is 2.59. The van der Waals surface area contributed by atoms with Gasteiger partial charge in [-0.2, -0.15) is 0 Å². The number of rotatable bonds is 4. The third kappa shape index (κ3) is 2.60. The summed E-state index contributed by atoms with van der Waals surface area (Å²) in [6.07, 6.45) is 4.09. The van der Waals surface area contributed by atoms with Crippen molar-refractivity contribution in [2.45, 2.75) is 12.8 Å². The highest BCUT2D eigenvalue weighted by Gasteiger charge is 1.99. The maximum Gasteiger partial charge on any atom is 0.133 e. The molecule has 15 heavy (non-hydrogen) atoms. The topological polar surface area (TPSA) is 16.4 Å². The highest BCUT2D eigenvalue weighted by atomic mass is 16.3. The fraction of sp³-hybridized carbons (Fsp3) is 0.385. The van der Waals surface area contributed by atoms with Crippen molar-refractivity contribution in [3.05, 3.63) is 36.1 Å². The number of aryl methyl sites for hydroxylation is 1. The second-order valence-electron chi connectivity index (χ2n) is 4.20. The van der Waals surface area contributed by atoms with Crippen LogP contribution < -0.4 is 0 Å². The fourth-order valence-corrected chi connectivity index (χ4v) is 1.77. The Hall–Kier alpha value is -1.28. The Balaban J connectivity index is 2.02. The van der Waals surface area contributed by atoms with Gasteiger partial charge < -0.3 is 9.32 Å². The molecular weight excluding hydrogens is 186 g/mol. The molecule has 0 spiro atoms. The van der Waals surface area contributed by atoms with E-state index >= 15 is 0 Å². The molecule has 0 bridgehead atoms. The van der Waals surface area contributed by atoms with Gasteiger partial charge in [0.2, 0.25) is 0 Å². The second kappa shape index (κ2) is 4.49. The predicted molar refractivity (Wildman–Crippen MR) is 63.1 cm³/mol. The van der Waals surface area contributed by atoms with Crippen LogP contribution >= 0.6 is 0 Å². The predicted octanol–water partition coefficient (Wildman–Crippen LogP) is 2.93. The summed E-state index contributed by atoms with van der Waals surface area (Å²) < 4.78 is 5.31. The van der Waals surface area contributed by atoms with E-state index in [1.165, 1.54) is 17.4 Å². The molecule has 2 aromatic rings. The average molecular weight is 203 g/mol. The Morgan fingerprint density at radius 1 is 1.20 bits per heavy atom. The van der Waals surface area contributed by atoms with E-state index in [0.717, 1.165) is 18.5 Å². The van der Waals surface area contributed by atoms with Crippen LogP contribution in [0, 0.1) is 0 Å². The molecule has 2 rings (SSSR count). The first-order valence-corrected chi connectivity index (χ1v) is 5.36. The van der Waals surface area contributed by atoms with Gasteiger partial charge in [0, 0.05) is 5.39 Å². The van der Waals surface area contributed by atoms with Crippen molar-refractivity contribution in [3.63, 3.8) is 0 Å². The van der Waals surface area contributed by atoms with Gasteiger partial charge in [-0.15, -0.1) is 0 Å². The third-order valence-corrected chi connectivity index (χ3v) is 2.59. The van der Waals surface area contributed by atoms with Crippen molar-refractivity contribution in [1.82, 2.24) is 4.90 Å². The molecule has 0 unspecified atom stereocenters. The summed E-state index contributed by atoms with van der Waals surface area (Å²) in [5.41, 5.74) is 2.37. The van der Waals surface area contributed by atoms with Crippen LogP contribution in [0.25, 0.3) is 11.0 Å². The molecule has 0 saturated carbocycles. The molecule has 2 heteroatoms. The SMILES string of the molecule is CN(C)CCCc1ccc2occc2c1. The van der Waals surface area contributed by atoms with E-state index < -0.39 is 0 Å².